The maximum absolute atomic E-state index is 13.7. The highest BCUT2D eigenvalue weighted by Crippen LogP contribution is 2.24. The molecule has 0 fully saturated rings. The molecule has 0 amide bonds. The van der Waals surface area contributed by atoms with Crippen LogP contribution in [0.4, 0.5) is 8.78 Å². The molecule has 2 aromatic carbocycles. The molecule has 3 rings (SSSR count). The number of hydrogen-bond acceptors (Lipinski definition) is 2. The minimum absolute atomic E-state index is 0.0239. The van der Waals surface area contributed by atoms with Crippen LogP contribution in [-0.2, 0) is 6.42 Å². The predicted molar refractivity (Wildman–Crippen MR) is 86.3 cm³/mol. The maximum atomic E-state index is 13.7. The molecule has 0 aliphatic carbocycles. The van der Waals surface area contributed by atoms with Crippen LogP contribution in [0.5, 0.6) is 0 Å². The molecular formula is C17H13ClF2N2O. The summed E-state index contributed by atoms with van der Waals surface area (Å²) in [6, 6.07) is 8.11. The zero-order chi connectivity index (χ0) is 16.6. The Morgan fingerprint density at radius 3 is 2.48 bits per heavy atom. The van der Waals surface area contributed by atoms with Gasteiger partial charge in [-0.2, -0.15) is 0 Å². The van der Waals surface area contributed by atoms with Gasteiger partial charge in [-0.05, 0) is 42.8 Å². The molecule has 1 aromatic heterocycles. The van der Waals surface area contributed by atoms with Gasteiger partial charge in [0, 0.05) is 6.42 Å². The molecule has 0 aliphatic rings. The third kappa shape index (κ3) is 2.72. The van der Waals surface area contributed by atoms with Gasteiger partial charge in [0.15, 0.2) is 0 Å². The highest BCUT2D eigenvalue weighted by molar-refractivity contribution is 6.35. The number of halogens is 3. The van der Waals surface area contributed by atoms with E-state index in [1.165, 1.54) is 41.0 Å². The Morgan fingerprint density at radius 2 is 1.83 bits per heavy atom. The standard InChI is InChI=1S/C17H13ClF2N2O/c1-2-3-14-21-13-9-8-12(20)16(18)15(13)17(23)22(14)11-6-4-10(19)5-7-11/h4-9H,2-3H2,1H3. The fourth-order valence-corrected chi connectivity index (χ4v) is 2.74. The van der Waals surface area contributed by atoms with E-state index >= 15 is 0 Å². The zero-order valence-corrected chi connectivity index (χ0v) is 13.1. The first kappa shape index (κ1) is 15.6. The molecule has 118 valence electrons. The van der Waals surface area contributed by atoms with Crippen molar-refractivity contribution in [2.24, 2.45) is 0 Å². The van der Waals surface area contributed by atoms with Crippen LogP contribution in [-0.4, -0.2) is 9.55 Å². The SMILES string of the molecule is CCCc1nc2ccc(F)c(Cl)c2c(=O)n1-c1ccc(F)cc1. The van der Waals surface area contributed by atoms with Gasteiger partial charge in [0.2, 0.25) is 0 Å². The van der Waals surface area contributed by atoms with Crippen molar-refractivity contribution in [2.45, 2.75) is 19.8 Å². The monoisotopic (exact) mass is 334 g/mol. The lowest BCUT2D eigenvalue weighted by atomic mass is 10.2. The van der Waals surface area contributed by atoms with Crippen molar-refractivity contribution in [3.63, 3.8) is 0 Å². The normalized spacial score (nSPS) is 11.1. The first-order chi connectivity index (χ1) is 11.0. The molecular weight excluding hydrogens is 322 g/mol. The lowest BCUT2D eigenvalue weighted by Crippen LogP contribution is -2.24. The fraction of sp³-hybridized carbons (Fsp3) is 0.176. The van der Waals surface area contributed by atoms with Crippen LogP contribution in [0.3, 0.4) is 0 Å². The van der Waals surface area contributed by atoms with Gasteiger partial charge in [-0.15, -0.1) is 0 Å². The number of hydrogen-bond donors (Lipinski definition) is 0. The highest BCUT2D eigenvalue weighted by Gasteiger charge is 2.16. The second-order valence-corrected chi connectivity index (χ2v) is 5.53. The van der Waals surface area contributed by atoms with Crippen molar-refractivity contribution in [1.29, 1.82) is 0 Å². The topological polar surface area (TPSA) is 34.9 Å². The van der Waals surface area contributed by atoms with Gasteiger partial charge >= 0.3 is 0 Å². The first-order valence-electron chi connectivity index (χ1n) is 7.18. The largest absolute Gasteiger partial charge is 0.268 e. The Labute approximate surface area is 136 Å². The molecule has 0 N–H and O–H groups in total. The molecule has 1 heterocycles. The van der Waals surface area contributed by atoms with Crippen LogP contribution in [0, 0.1) is 11.6 Å². The number of rotatable bonds is 3. The molecule has 3 aromatic rings. The van der Waals surface area contributed by atoms with Crippen LogP contribution >= 0.6 is 11.6 Å². The van der Waals surface area contributed by atoms with Crippen LogP contribution in [0.2, 0.25) is 5.02 Å². The van der Waals surface area contributed by atoms with Gasteiger partial charge in [0.1, 0.15) is 17.5 Å². The van der Waals surface area contributed by atoms with Gasteiger partial charge < -0.3 is 0 Å². The molecule has 0 spiro atoms. The van der Waals surface area contributed by atoms with Crippen molar-refractivity contribution in [3.8, 4) is 5.69 Å². The van der Waals surface area contributed by atoms with Crippen molar-refractivity contribution in [1.82, 2.24) is 9.55 Å². The molecule has 0 saturated carbocycles. The summed E-state index contributed by atoms with van der Waals surface area (Å²) in [4.78, 5) is 17.3. The van der Waals surface area contributed by atoms with E-state index in [1.54, 1.807) is 0 Å². The summed E-state index contributed by atoms with van der Waals surface area (Å²) in [6.45, 7) is 1.96. The van der Waals surface area contributed by atoms with E-state index in [4.69, 9.17) is 11.6 Å². The molecule has 0 atom stereocenters. The van der Waals surface area contributed by atoms with Crippen LogP contribution in [0.1, 0.15) is 19.2 Å². The minimum Gasteiger partial charge on any atom is -0.268 e. The molecule has 6 heteroatoms. The van der Waals surface area contributed by atoms with Crippen molar-refractivity contribution in [2.75, 3.05) is 0 Å². The number of aromatic nitrogens is 2. The third-order valence-corrected chi connectivity index (χ3v) is 3.93. The average Bonchev–Trinajstić information content (AvgIpc) is 2.53. The van der Waals surface area contributed by atoms with Gasteiger partial charge in [0.25, 0.3) is 5.56 Å². The Hall–Kier alpha value is -2.27. The van der Waals surface area contributed by atoms with Crippen molar-refractivity contribution >= 4 is 22.5 Å². The zero-order valence-electron chi connectivity index (χ0n) is 12.3. The quantitative estimate of drug-likeness (QED) is 0.717. The summed E-state index contributed by atoms with van der Waals surface area (Å²) >= 11 is 5.96. The molecule has 23 heavy (non-hydrogen) atoms. The van der Waals surface area contributed by atoms with Crippen molar-refractivity contribution in [3.05, 3.63) is 69.2 Å². The van der Waals surface area contributed by atoms with Gasteiger partial charge in [-0.25, -0.2) is 13.8 Å². The lowest BCUT2D eigenvalue weighted by molar-refractivity contribution is 0.627. The maximum Gasteiger partial charge on any atom is 0.267 e. The van der Waals surface area contributed by atoms with Crippen LogP contribution in [0.25, 0.3) is 16.6 Å². The summed E-state index contributed by atoms with van der Waals surface area (Å²) in [5, 5.41) is -0.227. The molecule has 0 bridgehead atoms. The Morgan fingerprint density at radius 1 is 1.13 bits per heavy atom. The first-order valence-corrected chi connectivity index (χ1v) is 7.56. The second-order valence-electron chi connectivity index (χ2n) is 5.15. The smallest absolute Gasteiger partial charge is 0.267 e. The summed E-state index contributed by atoms with van der Waals surface area (Å²) in [5.74, 6) is -0.553. The Balaban J connectivity index is 2.40. The number of nitrogens with zero attached hydrogens (tertiary/aromatic N) is 2. The number of benzene rings is 2. The van der Waals surface area contributed by atoms with E-state index in [0.29, 0.717) is 23.4 Å². The third-order valence-electron chi connectivity index (χ3n) is 3.56. The number of aryl methyl sites for hydroxylation is 1. The average molecular weight is 335 g/mol. The second kappa shape index (κ2) is 6.08. The van der Waals surface area contributed by atoms with E-state index in [9.17, 15) is 13.6 Å². The van der Waals surface area contributed by atoms with E-state index in [2.05, 4.69) is 4.98 Å². The molecule has 0 radical (unpaired) electrons. The Bertz CT molecular complexity index is 936. The fourth-order valence-electron chi connectivity index (χ4n) is 2.50. The lowest BCUT2D eigenvalue weighted by Gasteiger charge is -2.14. The highest BCUT2D eigenvalue weighted by atomic mass is 35.5. The summed E-state index contributed by atoms with van der Waals surface area (Å²) in [5.41, 5.74) is 0.354. The summed E-state index contributed by atoms with van der Waals surface area (Å²) in [7, 11) is 0. The van der Waals surface area contributed by atoms with Gasteiger partial charge in [0.05, 0.1) is 21.6 Å². The van der Waals surface area contributed by atoms with Gasteiger partial charge in [-0.3, -0.25) is 9.36 Å². The van der Waals surface area contributed by atoms with E-state index in [1.807, 2.05) is 6.92 Å². The summed E-state index contributed by atoms with van der Waals surface area (Å²) < 4.78 is 28.2. The predicted octanol–water partition coefficient (Wildman–Crippen LogP) is 4.27. The van der Waals surface area contributed by atoms with E-state index in [-0.39, 0.29) is 10.4 Å². The number of fused-ring (bicyclic) bond motifs is 1. The Kier molecular flexibility index (Phi) is 4.13. The van der Waals surface area contributed by atoms with E-state index < -0.39 is 17.2 Å². The summed E-state index contributed by atoms with van der Waals surface area (Å²) in [6.07, 6.45) is 1.33. The van der Waals surface area contributed by atoms with Crippen molar-refractivity contribution < 1.29 is 8.78 Å². The minimum atomic E-state index is -0.674. The molecule has 0 saturated heterocycles. The van der Waals surface area contributed by atoms with Crippen LogP contribution in [0.15, 0.2) is 41.2 Å². The molecule has 0 aliphatic heterocycles. The van der Waals surface area contributed by atoms with Gasteiger partial charge in [-0.1, -0.05) is 18.5 Å². The molecule has 0 unspecified atom stereocenters. The van der Waals surface area contributed by atoms with E-state index in [0.717, 1.165) is 6.42 Å². The van der Waals surface area contributed by atoms with Crippen LogP contribution < -0.4 is 5.56 Å². The molecule has 3 nitrogen and oxygen atoms in total.